The Labute approximate surface area is 149 Å². The molecule has 0 aliphatic heterocycles. The normalized spacial score (nSPS) is 11.5. The molecule has 2 aromatic rings. The summed E-state index contributed by atoms with van der Waals surface area (Å²) in [6.45, 7) is 6.88. The molecule has 0 saturated carbocycles. The zero-order valence-electron chi connectivity index (χ0n) is 14.5. The molecule has 0 saturated heterocycles. The number of carbonyl (C=O) groups is 1. The Morgan fingerprint density at radius 2 is 2.00 bits per heavy atom. The Bertz CT molecular complexity index is 670. The van der Waals surface area contributed by atoms with Crippen LogP contribution >= 0.6 is 12.4 Å². The van der Waals surface area contributed by atoms with Gasteiger partial charge in [0, 0.05) is 12.6 Å². The van der Waals surface area contributed by atoms with E-state index < -0.39 is 0 Å². The fraction of sp³-hybridized carbons (Fsp3) is 0.389. The van der Waals surface area contributed by atoms with Crippen LogP contribution in [0.2, 0.25) is 0 Å². The molecule has 1 unspecified atom stereocenters. The molecule has 132 valence electrons. The van der Waals surface area contributed by atoms with E-state index in [1.165, 1.54) is 5.56 Å². The molecule has 1 heterocycles. The highest BCUT2D eigenvalue weighted by Crippen LogP contribution is 2.20. The van der Waals surface area contributed by atoms with E-state index in [0.717, 1.165) is 11.3 Å². The average Bonchev–Trinajstić information content (AvgIpc) is 3.00. The number of halogens is 1. The number of carbonyl (C=O) groups excluding carboxylic acids is 1. The second-order valence-corrected chi connectivity index (χ2v) is 5.72. The van der Waals surface area contributed by atoms with Gasteiger partial charge in [0.15, 0.2) is 5.76 Å². The summed E-state index contributed by atoms with van der Waals surface area (Å²) in [5.41, 5.74) is 2.28. The number of nitrogens with one attached hydrogen (secondary N) is 2. The van der Waals surface area contributed by atoms with Crippen LogP contribution in [0.1, 0.15) is 34.4 Å². The van der Waals surface area contributed by atoms with Crippen molar-refractivity contribution in [1.82, 2.24) is 10.6 Å². The fourth-order valence-corrected chi connectivity index (χ4v) is 2.12. The van der Waals surface area contributed by atoms with E-state index in [4.69, 9.17) is 9.15 Å². The molecule has 1 aromatic heterocycles. The van der Waals surface area contributed by atoms with Crippen molar-refractivity contribution in [3.05, 3.63) is 53.0 Å². The summed E-state index contributed by atoms with van der Waals surface area (Å²) in [6, 6.07) is 9.66. The summed E-state index contributed by atoms with van der Waals surface area (Å²) in [5, 5.41) is 5.88. The largest absolute Gasteiger partial charge is 0.485 e. The van der Waals surface area contributed by atoms with Gasteiger partial charge in [0.05, 0.1) is 0 Å². The highest BCUT2D eigenvalue weighted by molar-refractivity contribution is 5.91. The topological polar surface area (TPSA) is 63.5 Å². The Kier molecular flexibility index (Phi) is 7.82. The maximum absolute atomic E-state index is 12.0. The van der Waals surface area contributed by atoms with Crippen LogP contribution in [0, 0.1) is 13.8 Å². The van der Waals surface area contributed by atoms with E-state index in [1.807, 2.05) is 40.0 Å². The van der Waals surface area contributed by atoms with Gasteiger partial charge in [-0.25, -0.2) is 0 Å². The third-order valence-electron chi connectivity index (χ3n) is 3.65. The molecule has 0 aliphatic rings. The SMILES string of the molecule is CNC(C)CNC(=O)c1ccc(COc2ccc(C)cc2C)o1.Cl. The van der Waals surface area contributed by atoms with Crippen LogP contribution in [-0.2, 0) is 6.61 Å². The van der Waals surface area contributed by atoms with Crippen molar-refractivity contribution < 1.29 is 13.9 Å². The second kappa shape index (κ2) is 9.35. The van der Waals surface area contributed by atoms with E-state index >= 15 is 0 Å². The summed E-state index contributed by atoms with van der Waals surface area (Å²) in [7, 11) is 1.85. The molecule has 2 rings (SSSR count). The molecule has 1 atom stereocenters. The highest BCUT2D eigenvalue weighted by atomic mass is 35.5. The van der Waals surface area contributed by atoms with Crippen LogP contribution in [0.3, 0.4) is 0 Å². The number of likely N-dealkylation sites (N-methyl/N-ethyl adjacent to an activating group) is 1. The maximum Gasteiger partial charge on any atom is 0.287 e. The molecular weight excluding hydrogens is 328 g/mol. The molecule has 2 N–H and O–H groups in total. The van der Waals surface area contributed by atoms with Crippen LogP contribution in [0.5, 0.6) is 5.75 Å². The molecule has 1 aromatic carbocycles. The van der Waals surface area contributed by atoms with Crippen molar-refractivity contribution in [3.63, 3.8) is 0 Å². The van der Waals surface area contributed by atoms with Gasteiger partial charge in [-0.15, -0.1) is 12.4 Å². The predicted molar refractivity (Wildman–Crippen MR) is 97.1 cm³/mol. The molecular formula is C18H25ClN2O3. The lowest BCUT2D eigenvalue weighted by molar-refractivity contribution is 0.0918. The van der Waals surface area contributed by atoms with Crippen LogP contribution in [0.15, 0.2) is 34.7 Å². The van der Waals surface area contributed by atoms with Gasteiger partial charge < -0.3 is 19.8 Å². The number of ether oxygens (including phenoxy) is 1. The molecule has 1 amide bonds. The number of amides is 1. The van der Waals surface area contributed by atoms with Gasteiger partial charge in [-0.05, 0) is 51.6 Å². The summed E-state index contributed by atoms with van der Waals surface area (Å²) >= 11 is 0. The monoisotopic (exact) mass is 352 g/mol. The number of aryl methyl sites for hydroxylation is 2. The fourth-order valence-electron chi connectivity index (χ4n) is 2.12. The summed E-state index contributed by atoms with van der Waals surface area (Å²) < 4.78 is 11.3. The second-order valence-electron chi connectivity index (χ2n) is 5.72. The van der Waals surface area contributed by atoms with Crippen LogP contribution in [0.25, 0.3) is 0 Å². The maximum atomic E-state index is 12.0. The lowest BCUT2D eigenvalue weighted by Crippen LogP contribution is -2.37. The van der Waals surface area contributed by atoms with Crippen molar-refractivity contribution >= 4 is 18.3 Å². The first-order valence-electron chi connectivity index (χ1n) is 7.74. The molecule has 24 heavy (non-hydrogen) atoms. The lowest BCUT2D eigenvalue weighted by atomic mass is 10.1. The minimum Gasteiger partial charge on any atom is -0.485 e. The van der Waals surface area contributed by atoms with E-state index in [-0.39, 0.29) is 24.4 Å². The number of hydrogen-bond donors (Lipinski definition) is 2. The van der Waals surface area contributed by atoms with Gasteiger partial charge in [-0.3, -0.25) is 4.79 Å². The zero-order valence-corrected chi connectivity index (χ0v) is 15.3. The van der Waals surface area contributed by atoms with Crippen LogP contribution in [-0.4, -0.2) is 25.5 Å². The van der Waals surface area contributed by atoms with Gasteiger partial charge in [-0.1, -0.05) is 17.7 Å². The molecule has 6 heteroatoms. The average molecular weight is 353 g/mol. The van der Waals surface area contributed by atoms with Crippen LogP contribution in [0.4, 0.5) is 0 Å². The molecule has 0 bridgehead atoms. The summed E-state index contributed by atoms with van der Waals surface area (Å²) in [5.74, 6) is 1.52. The summed E-state index contributed by atoms with van der Waals surface area (Å²) in [6.07, 6.45) is 0. The lowest BCUT2D eigenvalue weighted by Gasteiger charge is -2.10. The number of hydrogen-bond acceptors (Lipinski definition) is 4. The number of benzene rings is 1. The molecule has 0 fully saturated rings. The van der Waals surface area contributed by atoms with Gasteiger partial charge in [0.1, 0.15) is 18.1 Å². The smallest absolute Gasteiger partial charge is 0.287 e. The van der Waals surface area contributed by atoms with Crippen molar-refractivity contribution in [2.24, 2.45) is 0 Å². The minimum absolute atomic E-state index is 0. The Hall–Kier alpha value is -1.98. The van der Waals surface area contributed by atoms with Gasteiger partial charge in [0.25, 0.3) is 5.91 Å². The van der Waals surface area contributed by atoms with E-state index in [0.29, 0.717) is 24.7 Å². The first-order valence-corrected chi connectivity index (χ1v) is 7.74. The summed E-state index contributed by atoms with van der Waals surface area (Å²) in [4.78, 5) is 12.0. The molecule has 0 aliphatic carbocycles. The van der Waals surface area contributed by atoms with Crippen molar-refractivity contribution in [3.8, 4) is 5.75 Å². The van der Waals surface area contributed by atoms with Gasteiger partial charge in [0.2, 0.25) is 0 Å². The Morgan fingerprint density at radius 3 is 2.67 bits per heavy atom. The number of furan rings is 1. The van der Waals surface area contributed by atoms with Gasteiger partial charge in [-0.2, -0.15) is 0 Å². The van der Waals surface area contributed by atoms with E-state index in [1.54, 1.807) is 12.1 Å². The Balaban J connectivity index is 0.00000288. The molecule has 0 spiro atoms. The predicted octanol–water partition coefficient (Wildman–Crippen LogP) is 3.23. The molecule has 0 radical (unpaired) electrons. The number of rotatable bonds is 7. The van der Waals surface area contributed by atoms with Crippen LogP contribution < -0.4 is 15.4 Å². The van der Waals surface area contributed by atoms with Crippen molar-refractivity contribution in [1.29, 1.82) is 0 Å². The van der Waals surface area contributed by atoms with Crippen molar-refractivity contribution in [2.75, 3.05) is 13.6 Å². The quantitative estimate of drug-likeness (QED) is 0.803. The third kappa shape index (κ3) is 5.58. The first-order chi connectivity index (χ1) is 11.0. The standard InChI is InChI=1S/C18H24N2O3.ClH/c1-12-5-7-16(13(2)9-12)22-11-15-6-8-17(23-15)18(21)20-10-14(3)19-4;/h5-9,14,19H,10-11H2,1-4H3,(H,20,21);1H. The minimum atomic E-state index is -0.218. The van der Waals surface area contributed by atoms with Gasteiger partial charge >= 0.3 is 0 Å². The van der Waals surface area contributed by atoms with E-state index in [9.17, 15) is 4.79 Å². The first kappa shape index (κ1) is 20.1. The van der Waals surface area contributed by atoms with Crippen molar-refractivity contribution in [2.45, 2.75) is 33.4 Å². The molecule has 5 nitrogen and oxygen atoms in total. The van der Waals surface area contributed by atoms with E-state index in [2.05, 4.69) is 16.7 Å². The third-order valence-corrected chi connectivity index (χ3v) is 3.65. The Morgan fingerprint density at radius 1 is 1.25 bits per heavy atom. The zero-order chi connectivity index (χ0) is 16.8. The highest BCUT2D eigenvalue weighted by Gasteiger charge is 2.12.